The summed E-state index contributed by atoms with van der Waals surface area (Å²) in [5.41, 5.74) is 0. The van der Waals surface area contributed by atoms with Gasteiger partial charge in [0.2, 0.25) is 0 Å². The van der Waals surface area contributed by atoms with E-state index < -0.39 is 6.10 Å². The summed E-state index contributed by atoms with van der Waals surface area (Å²) in [7, 11) is 1.59. The lowest BCUT2D eigenvalue weighted by Gasteiger charge is -2.15. The third kappa shape index (κ3) is 4.91. The second-order valence-electron chi connectivity index (χ2n) is 6.06. The van der Waals surface area contributed by atoms with Crippen LogP contribution < -0.4 is 19.5 Å². The van der Waals surface area contributed by atoms with Gasteiger partial charge in [0.15, 0.2) is 6.10 Å². The predicted molar refractivity (Wildman–Crippen MR) is 106 cm³/mol. The normalized spacial score (nSPS) is 11.6. The molecule has 3 rings (SSSR count). The van der Waals surface area contributed by atoms with Crippen molar-refractivity contribution in [2.75, 3.05) is 20.3 Å². The van der Waals surface area contributed by atoms with Crippen LogP contribution in [0, 0.1) is 0 Å². The molecule has 1 atom stereocenters. The van der Waals surface area contributed by atoms with Crippen molar-refractivity contribution in [1.29, 1.82) is 0 Å². The van der Waals surface area contributed by atoms with E-state index in [1.54, 1.807) is 26.2 Å². The Bertz CT molecular complexity index is 904. The first-order valence-electron chi connectivity index (χ1n) is 8.86. The van der Waals surface area contributed by atoms with E-state index >= 15 is 0 Å². The molecule has 0 radical (unpaired) electrons. The second kappa shape index (κ2) is 8.94. The van der Waals surface area contributed by atoms with Crippen molar-refractivity contribution in [2.45, 2.75) is 13.0 Å². The number of carbonyl (C=O) groups excluding carboxylic acids is 1. The van der Waals surface area contributed by atoms with Gasteiger partial charge in [0.05, 0.1) is 13.7 Å². The molecular formula is C22H23NO4. The van der Waals surface area contributed by atoms with E-state index in [4.69, 9.17) is 14.2 Å². The van der Waals surface area contributed by atoms with Crippen LogP contribution in [0.25, 0.3) is 10.8 Å². The van der Waals surface area contributed by atoms with Crippen molar-refractivity contribution in [3.8, 4) is 17.2 Å². The molecule has 5 nitrogen and oxygen atoms in total. The largest absolute Gasteiger partial charge is 0.497 e. The molecule has 0 fully saturated rings. The minimum absolute atomic E-state index is 0.195. The molecule has 27 heavy (non-hydrogen) atoms. The fourth-order valence-electron chi connectivity index (χ4n) is 2.73. The Morgan fingerprint density at radius 3 is 2.59 bits per heavy atom. The minimum atomic E-state index is -0.616. The molecule has 0 spiro atoms. The number of ether oxygens (including phenoxy) is 3. The number of methoxy groups -OCH3 is 1. The number of nitrogens with one attached hydrogen (secondary N) is 1. The smallest absolute Gasteiger partial charge is 0.260 e. The number of benzene rings is 3. The maximum Gasteiger partial charge on any atom is 0.260 e. The van der Waals surface area contributed by atoms with Gasteiger partial charge in [0.25, 0.3) is 5.91 Å². The van der Waals surface area contributed by atoms with Crippen LogP contribution in [0.4, 0.5) is 0 Å². The monoisotopic (exact) mass is 365 g/mol. The lowest BCUT2D eigenvalue weighted by atomic mass is 10.1. The van der Waals surface area contributed by atoms with E-state index in [1.807, 2.05) is 54.6 Å². The van der Waals surface area contributed by atoms with Gasteiger partial charge < -0.3 is 19.5 Å². The highest BCUT2D eigenvalue weighted by atomic mass is 16.5. The average molecular weight is 365 g/mol. The van der Waals surface area contributed by atoms with Gasteiger partial charge in [-0.15, -0.1) is 0 Å². The summed E-state index contributed by atoms with van der Waals surface area (Å²) in [5.74, 6) is 1.88. The molecule has 0 aliphatic carbocycles. The lowest BCUT2D eigenvalue weighted by molar-refractivity contribution is -0.127. The van der Waals surface area contributed by atoms with Crippen molar-refractivity contribution in [2.24, 2.45) is 0 Å². The molecule has 1 amide bonds. The Morgan fingerprint density at radius 1 is 1.00 bits per heavy atom. The van der Waals surface area contributed by atoms with Crippen molar-refractivity contribution < 1.29 is 19.0 Å². The highest BCUT2D eigenvalue weighted by molar-refractivity contribution is 5.88. The molecule has 0 saturated carbocycles. The molecule has 140 valence electrons. The number of hydrogen-bond acceptors (Lipinski definition) is 4. The molecule has 3 aromatic rings. The molecule has 1 unspecified atom stereocenters. The maximum atomic E-state index is 12.2. The molecule has 0 aliphatic rings. The van der Waals surface area contributed by atoms with Gasteiger partial charge in [-0.3, -0.25) is 4.79 Å². The number of amides is 1. The molecule has 0 aromatic heterocycles. The summed E-state index contributed by atoms with van der Waals surface area (Å²) in [5, 5.41) is 5.01. The van der Waals surface area contributed by atoms with Gasteiger partial charge in [0.1, 0.15) is 23.9 Å². The van der Waals surface area contributed by atoms with E-state index in [0.717, 1.165) is 16.5 Å². The van der Waals surface area contributed by atoms with Crippen molar-refractivity contribution in [3.63, 3.8) is 0 Å². The molecule has 5 heteroatoms. The Labute approximate surface area is 158 Å². The lowest BCUT2D eigenvalue weighted by Crippen LogP contribution is -2.38. The van der Waals surface area contributed by atoms with Crippen molar-refractivity contribution in [3.05, 3.63) is 66.7 Å². The SMILES string of the molecule is COc1cccc(OC(C)C(=O)NCCOc2cccc3ccccc23)c1. The van der Waals surface area contributed by atoms with Crippen molar-refractivity contribution in [1.82, 2.24) is 5.32 Å². The zero-order valence-electron chi connectivity index (χ0n) is 15.5. The van der Waals surface area contributed by atoms with E-state index in [9.17, 15) is 4.79 Å². The van der Waals surface area contributed by atoms with Crippen LogP contribution >= 0.6 is 0 Å². The van der Waals surface area contributed by atoms with Crippen LogP contribution in [0.2, 0.25) is 0 Å². The average Bonchev–Trinajstić information content (AvgIpc) is 2.71. The number of hydrogen-bond donors (Lipinski definition) is 1. The van der Waals surface area contributed by atoms with E-state index in [2.05, 4.69) is 5.32 Å². The fraction of sp³-hybridized carbons (Fsp3) is 0.227. The zero-order valence-corrected chi connectivity index (χ0v) is 15.5. The highest BCUT2D eigenvalue weighted by Crippen LogP contribution is 2.25. The van der Waals surface area contributed by atoms with E-state index in [-0.39, 0.29) is 5.91 Å². The molecular weight excluding hydrogens is 342 g/mol. The van der Waals surface area contributed by atoms with Gasteiger partial charge in [-0.25, -0.2) is 0 Å². The van der Waals surface area contributed by atoms with E-state index in [1.165, 1.54) is 0 Å². The first-order valence-corrected chi connectivity index (χ1v) is 8.86. The summed E-state index contributed by atoms with van der Waals surface area (Å²) >= 11 is 0. The summed E-state index contributed by atoms with van der Waals surface area (Å²) in [4.78, 5) is 12.2. The van der Waals surface area contributed by atoms with Gasteiger partial charge in [-0.2, -0.15) is 0 Å². The molecule has 3 aromatic carbocycles. The van der Waals surface area contributed by atoms with Crippen LogP contribution in [0.3, 0.4) is 0 Å². The maximum absolute atomic E-state index is 12.2. The van der Waals surface area contributed by atoms with Crippen LogP contribution in [-0.2, 0) is 4.79 Å². The molecule has 0 saturated heterocycles. The number of carbonyl (C=O) groups is 1. The fourth-order valence-corrected chi connectivity index (χ4v) is 2.73. The predicted octanol–water partition coefficient (Wildman–Crippen LogP) is 3.81. The Kier molecular flexibility index (Phi) is 6.15. The highest BCUT2D eigenvalue weighted by Gasteiger charge is 2.14. The Hall–Kier alpha value is -3.21. The Balaban J connectivity index is 1.47. The molecule has 0 bridgehead atoms. The summed E-state index contributed by atoms with van der Waals surface area (Å²) in [6, 6.07) is 21.1. The first-order chi connectivity index (χ1) is 13.2. The summed E-state index contributed by atoms with van der Waals surface area (Å²) in [6.07, 6.45) is -0.616. The minimum Gasteiger partial charge on any atom is -0.497 e. The third-order valence-corrected chi connectivity index (χ3v) is 4.13. The van der Waals surface area contributed by atoms with E-state index in [0.29, 0.717) is 24.7 Å². The van der Waals surface area contributed by atoms with Crippen molar-refractivity contribution >= 4 is 16.7 Å². The standard InChI is InChI=1S/C22H23NO4/c1-16(27-19-10-6-9-18(15-19)25-2)22(24)23-13-14-26-21-12-5-8-17-7-3-4-11-20(17)21/h3-12,15-16H,13-14H2,1-2H3,(H,23,24). The topological polar surface area (TPSA) is 56.8 Å². The molecule has 0 aliphatic heterocycles. The van der Waals surface area contributed by atoms with Crippen LogP contribution in [0.1, 0.15) is 6.92 Å². The van der Waals surface area contributed by atoms with Crippen LogP contribution in [0.5, 0.6) is 17.2 Å². The van der Waals surface area contributed by atoms with Gasteiger partial charge >= 0.3 is 0 Å². The number of fused-ring (bicyclic) bond motifs is 1. The Morgan fingerprint density at radius 2 is 1.74 bits per heavy atom. The summed E-state index contributed by atoms with van der Waals surface area (Å²) in [6.45, 7) is 2.49. The molecule has 1 N–H and O–H groups in total. The third-order valence-electron chi connectivity index (χ3n) is 4.13. The van der Waals surface area contributed by atoms with Crippen LogP contribution in [0.15, 0.2) is 66.7 Å². The number of rotatable bonds is 8. The first kappa shape index (κ1) is 18.6. The zero-order chi connectivity index (χ0) is 19.1. The van der Waals surface area contributed by atoms with Gasteiger partial charge in [-0.1, -0.05) is 42.5 Å². The van der Waals surface area contributed by atoms with Crippen LogP contribution in [-0.4, -0.2) is 32.3 Å². The molecule has 0 heterocycles. The summed E-state index contributed by atoms with van der Waals surface area (Å²) < 4.78 is 16.6. The van der Waals surface area contributed by atoms with Gasteiger partial charge in [0, 0.05) is 11.5 Å². The second-order valence-corrected chi connectivity index (χ2v) is 6.06. The quantitative estimate of drug-likeness (QED) is 0.617. The van der Waals surface area contributed by atoms with Gasteiger partial charge in [-0.05, 0) is 30.5 Å².